The van der Waals surface area contributed by atoms with Crippen LogP contribution in [0.1, 0.15) is 22.3 Å². The number of cyclic esters (lactones) is 1. The molecule has 1 aliphatic rings. The minimum absolute atomic E-state index is 0.151. The van der Waals surface area contributed by atoms with Gasteiger partial charge in [0, 0.05) is 21.4 Å². The quantitative estimate of drug-likeness (QED) is 0.204. The monoisotopic (exact) mass is 526 g/mol. The van der Waals surface area contributed by atoms with E-state index < -0.39 is 5.97 Å². The second-order valence-corrected chi connectivity index (χ2v) is 9.81. The molecule has 0 unspecified atom stereocenters. The second kappa shape index (κ2) is 10.6. The summed E-state index contributed by atoms with van der Waals surface area (Å²) in [5.41, 5.74) is 4.67. The van der Waals surface area contributed by atoms with E-state index in [0.29, 0.717) is 22.8 Å². The number of rotatable bonds is 7. The number of aryl methyl sites for hydroxylation is 2. The van der Waals surface area contributed by atoms with Gasteiger partial charge in [-0.25, -0.2) is 14.8 Å². The lowest BCUT2D eigenvalue weighted by molar-refractivity contribution is -0.129. The van der Waals surface area contributed by atoms with Crippen LogP contribution in [0.3, 0.4) is 0 Å². The molecular weight excluding hydrogens is 500 g/mol. The highest BCUT2D eigenvalue weighted by Crippen LogP contribution is 2.39. The fraction of sp³-hybridized carbons (Fsp3) is 0.167. The summed E-state index contributed by atoms with van der Waals surface area (Å²) in [6, 6.07) is 19.8. The molecule has 0 amide bonds. The molecule has 0 saturated heterocycles. The van der Waals surface area contributed by atoms with E-state index in [9.17, 15) is 4.79 Å². The van der Waals surface area contributed by atoms with E-state index >= 15 is 0 Å². The number of aromatic nitrogens is 1. The molecule has 3 aromatic carbocycles. The fourth-order valence-electron chi connectivity index (χ4n) is 4.06. The highest BCUT2D eigenvalue weighted by molar-refractivity contribution is 7.99. The molecule has 1 aliphatic heterocycles. The van der Waals surface area contributed by atoms with Gasteiger partial charge < -0.3 is 18.9 Å². The number of methoxy groups -OCH3 is 3. The van der Waals surface area contributed by atoms with E-state index in [2.05, 4.69) is 42.2 Å². The molecular formula is C30H26N2O5S. The van der Waals surface area contributed by atoms with E-state index in [-0.39, 0.29) is 11.6 Å². The number of pyridine rings is 1. The summed E-state index contributed by atoms with van der Waals surface area (Å²) < 4.78 is 21.8. The molecule has 7 nitrogen and oxygen atoms in total. The van der Waals surface area contributed by atoms with E-state index in [4.69, 9.17) is 23.9 Å². The zero-order valence-corrected chi connectivity index (χ0v) is 22.5. The zero-order valence-electron chi connectivity index (χ0n) is 21.7. The van der Waals surface area contributed by atoms with Gasteiger partial charge in [0.1, 0.15) is 5.03 Å². The van der Waals surface area contributed by atoms with Crippen LogP contribution in [0.2, 0.25) is 0 Å². The molecule has 4 aromatic rings. The molecule has 0 bridgehead atoms. The number of esters is 1. The molecule has 38 heavy (non-hydrogen) atoms. The van der Waals surface area contributed by atoms with Gasteiger partial charge in [-0.05, 0) is 61.9 Å². The highest BCUT2D eigenvalue weighted by atomic mass is 32.2. The third-order valence-corrected chi connectivity index (χ3v) is 7.05. The van der Waals surface area contributed by atoms with Gasteiger partial charge in [-0.3, -0.25) is 0 Å². The Labute approximate surface area is 225 Å². The first-order chi connectivity index (χ1) is 18.4. The van der Waals surface area contributed by atoms with Crippen LogP contribution in [-0.2, 0) is 9.53 Å². The van der Waals surface area contributed by atoms with Crippen molar-refractivity contribution in [3.8, 4) is 17.2 Å². The van der Waals surface area contributed by atoms with Crippen LogP contribution in [-0.4, -0.2) is 38.2 Å². The highest BCUT2D eigenvalue weighted by Gasteiger charge is 2.27. The summed E-state index contributed by atoms with van der Waals surface area (Å²) in [5.74, 6) is 0.906. The number of fused-ring (bicyclic) bond motifs is 1. The van der Waals surface area contributed by atoms with Gasteiger partial charge >= 0.3 is 5.97 Å². The maximum absolute atomic E-state index is 12.9. The number of carbonyl (C=O) groups excluding carboxylic acids is 1. The number of aliphatic imine (C=N–C) groups is 1. The molecule has 0 fully saturated rings. The molecule has 2 heterocycles. The van der Waals surface area contributed by atoms with Crippen molar-refractivity contribution in [1.29, 1.82) is 0 Å². The summed E-state index contributed by atoms with van der Waals surface area (Å²) in [6.45, 7) is 4.09. The van der Waals surface area contributed by atoms with Crippen LogP contribution < -0.4 is 14.2 Å². The second-order valence-electron chi connectivity index (χ2n) is 8.74. The summed E-state index contributed by atoms with van der Waals surface area (Å²) in [7, 11) is 4.58. The van der Waals surface area contributed by atoms with Crippen molar-refractivity contribution < 1.29 is 23.7 Å². The lowest BCUT2D eigenvalue weighted by Gasteiger charge is -2.13. The van der Waals surface area contributed by atoms with Crippen LogP contribution in [0.15, 0.2) is 81.3 Å². The largest absolute Gasteiger partial charge is 0.493 e. The molecule has 0 N–H and O–H groups in total. The Hall–Kier alpha value is -4.30. The summed E-state index contributed by atoms with van der Waals surface area (Å²) >= 11 is 1.54. The number of nitrogens with zero attached hydrogens (tertiary/aromatic N) is 2. The Morgan fingerprint density at radius 3 is 2.18 bits per heavy atom. The molecule has 0 aliphatic carbocycles. The number of benzene rings is 3. The van der Waals surface area contributed by atoms with Crippen molar-refractivity contribution in [2.24, 2.45) is 4.99 Å². The van der Waals surface area contributed by atoms with E-state index in [1.807, 2.05) is 25.1 Å². The van der Waals surface area contributed by atoms with Crippen LogP contribution in [0.5, 0.6) is 17.2 Å². The predicted molar refractivity (Wildman–Crippen MR) is 148 cm³/mol. The molecule has 8 heteroatoms. The zero-order chi connectivity index (χ0) is 26.8. The number of hydrogen-bond acceptors (Lipinski definition) is 8. The van der Waals surface area contributed by atoms with E-state index in [1.165, 1.54) is 38.7 Å². The first-order valence-corrected chi connectivity index (χ1v) is 12.7. The van der Waals surface area contributed by atoms with Crippen LogP contribution >= 0.6 is 11.8 Å². The van der Waals surface area contributed by atoms with Gasteiger partial charge in [-0.1, -0.05) is 41.6 Å². The first kappa shape index (κ1) is 25.4. The standard InChI is InChI=1S/C30H26N2O5S/c1-17-7-10-22(11-8-17)38-29-21(13-19-9-6-18(2)12-23(19)32-29)14-24-30(33)37-28(31-24)20-15-25(34-3)27(36-5)26(16-20)35-4/h6-16H,1-5H3. The smallest absolute Gasteiger partial charge is 0.363 e. The maximum Gasteiger partial charge on any atom is 0.363 e. The topological polar surface area (TPSA) is 79.2 Å². The van der Waals surface area contributed by atoms with Crippen molar-refractivity contribution in [3.63, 3.8) is 0 Å². The number of ether oxygens (including phenoxy) is 4. The van der Waals surface area contributed by atoms with Crippen molar-refractivity contribution >= 4 is 40.6 Å². The van der Waals surface area contributed by atoms with Crippen molar-refractivity contribution in [2.45, 2.75) is 23.8 Å². The summed E-state index contributed by atoms with van der Waals surface area (Å²) in [6.07, 6.45) is 1.72. The number of carbonyl (C=O) groups is 1. The Bertz CT molecular complexity index is 1580. The predicted octanol–water partition coefficient (Wildman–Crippen LogP) is 6.37. The average Bonchev–Trinajstić information content (AvgIpc) is 3.29. The molecule has 1 aromatic heterocycles. The molecule has 0 spiro atoms. The van der Waals surface area contributed by atoms with Gasteiger partial charge in [0.15, 0.2) is 17.2 Å². The van der Waals surface area contributed by atoms with Crippen molar-refractivity contribution in [2.75, 3.05) is 21.3 Å². The molecule has 192 valence electrons. The maximum atomic E-state index is 12.9. The Kier molecular flexibility index (Phi) is 7.07. The van der Waals surface area contributed by atoms with Crippen LogP contribution in [0, 0.1) is 13.8 Å². The van der Waals surface area contributed by atoms with Gasteiger partial charge in [-0.15, -0.1) is 0 Å². The molecule has 0 atom stereocenters. The minimum Gasteiger partial charge on any atom is -0.493 e. The van der Waals surface area contributed by atoms with Crippen molar-refractivity contribution in [1.82, 2.24) is 4.98 Å². The van der Waals surface area contributed by atoms with E-state index in [0.717, 1.165) is 32.0 Å². The SMILES string of the molecule is COc1cc(C2=NC(=Cc3cc4ccc(C)cc4nc3Sc3ccc(C)cc3)C(=O)O2)cc(OC)c1OC. The molecule has 5 rings (SSSR count). The molecule has 0 radical (unpaired) electrons. The lowest BCUT2D eigenvalue weighted by atomic mass is 10.1. The molecule has 0 saturated carbocycles. The van der Waals surface area contributed by atoms with Crippen molar-refractivity contribution in [3.05, 3.63) is 88.6 Å². The Morgan fingerprint density at radius 1 is 0.842 bits per heavy atom. The number of hydrogen-bond donors (Lipinski definition) is 0. The first-order valence-electron chi connectivity index (χ1n) is 11.9. The average molecular weight is 527 g/mol. The Balaban J connectivity index is 1.59. The minimum atomic E-state index is -0.552. The van der Waals surface area contributed by atoms with Crippen LogP contribution in [0.25, 0.3) is 17.0 Å². The fourth-order valence-corrected chi connectivity index (χ4v) is 4.94. The summed E-state index contributed by atoms with van der Waals surface area (Å²) in [5, 5.41) is 1.74. The van der Waals surface area contributed by atoms with E-state index in [1.54, 1.807) is 18.2 Å². The van der Waals surface area contributed by atoms with Crippen LogP contribution in [0.4, 0.5) is 0 Å². The van der Waals surface area contributed by atoms with Gasteiger partial charge in [0.25, 0.3) is 0 Å². The van der Waals surface area contributed by atoms with Gasteiger partial charge in [0.2, 0.25) is 11.6 Å². The summed E-state index contributed by atoms with van der Waals surface area (Å²) in [4.78, 5) is 23.4. The third-order valence-electron chi connectivity index (χ3n) is 6.03. The third kappa shape index (κ3) is 5.08. The normalized spacial score (nSPS) is 14.0. The Morgan fingerprint density at radius 2 is 1.53 bits per heavy atom. The van der Waals surface area contributed by atoms with Gasteiger partial charge in [-0.2, -0.15) is 0 Å². The lowest BCUT2D eigenvalue weighted by Crippen LogP contribution is -2.07. The van der Waals surface area contributed by atoms with Gasteiger partial charge in [0.05, 0.1) is 26.8 Å².